The number of fused-ring (bicyclic) bond motifs is 1. The minimum atomic E-state index is -3.65. The SMILES string of the molecule is Cn1cnc(S(=O)(=O)NC2(C)CN(c3ccc4c(c3)C(Cc3ccccc3)C(N3CCC3)CC4)C2)c1. The van der Waals surface area contributed by atoms with E-state index < -0.39 is 15.6 Å². The van der Waals surface area contributed by atoms with Crippen LogP contribution in [0, 0.1) is 0 Å². The number of nitrogens with one attached hydrogen (secondary N) is 1. The molecule has 2 saturated heterocycles. The number of benzene rings is 2. The Bertz CT molecular complexity index is 1340. The molecule has 2 atom stereocenters. The number of hydrogen-bond donors (Lipinski definition) is 1. The van der Waals surface area contributed by atoms with Gasteiger partial charge in [0.2, 0.25) is 0 Å². The van der Waals surface area contributed by atoms with E-state index in [1.54, 1.807) is 11.6 Å². The molecule has 1 aliphatic carbocycles. The van der Waals surface area contributed by atoms with Crippen LogP contribution in [0.25, 0.3) is 0 Å². The molecule has 6 rings (SSSR count). The summed E-state index contributed by atoms with van der Waals surface area (Å²) in [6.45, 7) is 5.67. The molecule has 3 aliphatic rings. The number of hydrogen-bond acceptors (Lipinski definition) is 5. The van der Waals surface area contributed by atoms with Crippen LogP contribution in [-0.4, -0.2) is 60.6 Å². The van der Waals surface area contributed by atoms with Gasteiger partial charge in [0.25, 0.3) is 10.0 Å². The third kappa shape index (κ3) is 4.46. The van der Waals surface area contributed by atoms with E-state index in [1.165, 1.54) is 60.8 Å². The van der Waals surface area contributed by atoms with Crippen molar-refractivity contribution in [3.63, 3.8) is 0 Å². The number of anilines is 1. The number of aryl methyl sites for hydroxylation is 2. The molecule has 36 heavy (non-hydrogen) atoms. The fourth-order valence-corrected chi connectivity index (χ4v) is 7.61. The van der Waals surface area contributed by atoms with Crippen LogP contribution in [0.3, 0.4) is 0 Å². The van der Waals surface area contributed by atoms with E-state index in [9.17, 15) is 8.42 Å². The van der Waals surface area contributed by atoms with Crippen LogP contribution in [0.15, 0.2) is 66.1 Å². The zero-order valence-electron chi connectivity index (χ0n) is 21.1. The molecule has 0 spiro atoms. The Hall–Kier alpha value is -2.68. The minimum absolute atomic E-state index is 0.0687. The van der Waals surface area contributed by atoms with Gasteiger partial charge < -0.3 is 9.47 Å². The van der Waals surface area contributed by atoms with Crippen molar-refractivity contribution >= 4 is 15.7 Å². The second-order valence-electron chi connectivity index (χ2n) is 11.1. The van der Waals surface area contributed by atoms with Gasteiger partial charge >= 0.3 is 0 Å². The largest absolute Gasteiger partial charge is 0.368 e. The average Bonchev–Trinajstić information content (AvgIpc) is 3.25. The van der Waals surface area contributed by atoms with Gasteiger partial charge in [0.15, 0.2) is 5.03 Å². The van der Waals surface area contributed by atoms with Gasteiger partial charge in [-0.25, -0.2) is 18.1 Å². The van der Waals surface area contributed by atoms with E-state index in [4.69, 9.17) is 0 Å². The van der Waals surface area contributed by atoms with Crippen LogP contribution in [0.1, 0.15) is 42.4 Å². The van der Waals surface area contributed by atoms with Crippen LogP contribution in [0.2, 0.25) is 0 Å². The molecule has 0 bridgehead atoms. The lowest BCUT2D eigenvalue weighted by Crippen LogP contribution is -2.68. The summed E-state index contributed by atoms with van der Waals surface area (Å²) in [6, 6.07) is 18.4. The van der Waals surface area contributed by atoms with Crippen molar-refractivity contribution in [1.29, 1.82) is 0 Å². The molecule has 2 aromatic carbocycles. The summed E-state index contributed by atoms with van der Waals surface area (Å²) in [5.41, 5.74) is 5.01. The lowest BCUT2D eigenvalue weighted by molar-refractivity contribution is 0.0877. The van der Waals surface area contributed by atoms with Gasteiger partial charge in [0, 0.05) is 44.0 Å². The smallest absolute Gasteiger partial charge is 0.260 e. The van der Waals surface area contributed by atoms with Crippen LogP contribution in [-0.2, 0) is 29.9 Å². The first-order valence-corrected chi connectivity index (χ1v) is 14.5. The molecule has 7 nitrogen and oxygen atoms in total. The number of nitrogens with zero attached hydrogens (tertiary/aromatic N) is 4. The first kappa shape index (κ1) is 23.7. The van der Waals surface area contributed by atoms with E-state index in [0.717, 1.165) is 12.8 Å². The van der Waals surface area contributed by atoms with Crippen LogP contribution >= 0.6 is 0 Å². The molecule has 1 N–H and O–H groups in total. The molecule has 0 radical (unpaired) electrons. The van der Waals surface area contributed by atoms with Crippen molar-refractivity contribution in [1.82, 2.24) is 19.2 Å². The Labute approximate surface area is 214 Å². The number of sulfonamides is 1. The van der Waals surface area contributed by atoms with Gasteiger partial charge in [-0.2, -0.15) is 0 Å². The Morgan fingerprint density at radius 1 is 1.11 bits per heavy atom. The lowest BCUT2D eigenvalue weighted by Gasteiger charge is -2.50. The Morgan fingerprint density at radius 2 is 1.89 bits per heavy atom. The number of rotatable bonds is 7. The van der Waals surface area contributed by atoms with Crippen LogP contribution < -0.4 is 9.62 Å². The average molecular weight is 506 g/mol. The molecule has 190 valence electrons. The fraction of sp³-hybridized carbons (Fsp3) is 0.464. The van der Waals surface area contributed by atoms with E-state index in [2.05, 4.69) is 68.0 Å². The van der Waals surface area contributed by atoms with Crippen molar-refractivity contribution in [2.75, 3.05) is 31.1 Å². The quantitative estimate of drug-likeness (QED) is 0.534. The highest BCUT2D eigenvalue weighted by Gasteiger charge is 2.43. The molecule has 8 heteroatoms. The first-order valence-electron chi connectivity index (χ1n) is 13.0. The molecule has 1 aromatic heterocycles. The van der Waals surface area contributed by atoms with Gasteiger partial charge in [-0.05, 0) is 74.5 Å². The van der Waals surface area contributed by atoms with E-state index >= 15 is 0 Å². The molecular weight excluding hydrogens is 470 g/mol. The van der Waals surface area contributed by atoms with E-state index in [0.29, 0.717) is 25.0 Å². The molecule has 2 fully saturated rings. The molecule has 3 heterocycles. The highest BCUT2D eigenvalue weighted by Crippen LogP contribution is 2.41. The molecule has 0 amide bonds. The summed E-state index contributed by atoms with van der Waals surface area (Å²) in [6.07, 6.45) is 7.76. The van der Waals surface area contributed by atoms with E-state index in [-0.39, 0.29) is 5.03 Å². The third-order valence-electron chi connectivity index (χ3n) is 8.14. The maximum atomic E-state index is 12.8. The number of likely N-dealkylation sites (tertiary alicyclic amines) is 1. The normalized spacial score (nSPS) is 23.6. The highest BCUT2D eigenvalue weighted by atomic mass is 32.2. The van der Waals surface area contributed by atoms with E-state index in [1.807, 2.05) is 6.92 Å². The van der Waals surface area contributed by atoms with Gasteiger partial charge in [0.1, 0.15) is 0 Å². The standard InChI is InChI=1S/C28H35N5O2S/c1-28(30-36(34,35)27-17-31(2)20-29-27)18-33(19-28)23-11-9-22-10-12-26(32-13-6-14-32)25(24(22)16-23)15-21-7-4-3-5-8-21/h3-5,7-9,11,16-17,20,25-26,30H,6,10,12-15,18-19H2,1-2H3. The van der Waals surface area contributed by atoms with Crippen molar-refractivity contribution in [3.8, 4) is 0 Å². The summed E-state index contributed by atoms with van der Waals surface area (Å²) >= 11 is 0. The third-order valence-corrected chi connectivity index (χ3v) is 9.67. The first-order chi connectivity index (χ1) is 17.3. The fourth-order valence-electron chi connectivity index (χ4n) is 6.23. The van der Waals surface area contributed by atoms with Crippen molar-refractivity contribution in [2.24, 2.45) is 7.05 Å². The second-order valence-corrected chi connectivity index (χ2v) is 12.7. The van der Waals surface area contributed by atoms with Crippen LogP contribution in [0.5, 0.6) is 0 Å². The van der Waals surface area contributed by atoms with Crippen molar-refractivity contribution in [3.05, 3.63) is 77.7 Å². The summed E-state index contributed by atoms with van der Waals surface area (Å²) < 4.78 is 30.2. The maximum Gasteiger partial charge on any atom is 0.260 e. The predicted octanol–water partition coefficient (Wildman–Crippen LogP) is 3.32. The zero-order valence-corrected chi connectivity index (χ0v) is 21.9. The van der Waals surface area contributed by atoms with Crippen LogP contribution in [0.4, 0.5) is 5.69 Å². The van der Waals surface area contributed by atoms with Gasteiger partial charge in [0.05, 0.1) is 11.9 Å². The van der Waals surface area contributed by atoms with Gasteiger partial charge in [-0.1, -0.05) is 36.4 Å². The number of aromatic nitrogens is 2. The summed E-state index contributed by atoms with van der Waals surface area (Å²) in [7, 11) is -1.88. The monoisotopic (exact) mass is 505 g/mol. The minimum Gasteiger partial charge on any atom is -0.368 e. The van der Waals surface area contributed by atoms with Crippen molar-refractivity contribution < 1.29 is 8.42 Å². The summed E-state index contributed by atoms with van der Waals surface area (Å²) in [4.78, 5) is 8.99. The lowest BCUT2D eigenvalue weighted by atomic mass is 9.74. The molecular formula is C28H35N5O2S. The van der Waals surface area contributed by atoms with Gasteiger partial charge in [-0.3, -0.25) is 4.90 Å². The maximum absolute atomic E-state index is 12.8. The Morgan fingerprint density at radius 3 is 2.56 bits per heavy atom. The second kappa shape index (κ2) is 9.01. The molecule has 0 saturated carbocycles. The predicted molar refractivity (Wildman–Crippen MR) is 142 cm³/mol. The summed E-state index contributed by atoms with van der Waals surface area (Å²) in [5.74, 6) is 0.478. The number of imidazole rings is 1. The topological polar surface area (TPSA) is 70.5 Å². The summed E-state index contributed by atoms with van der Waals surface area (Å²) in [5, 5.41) is 0.0687. The molecule has 2 aliphatic heterocycles. The zero-order chi connectivity index (χ0) is 24.9. The molecule has 2 unspecified atom stereocenters. The molecule has 3 aromatic rings. The Balaban J connectivity index is 1.22. The van der Waals surface area contributed by atoms with Gasteiger partial charge in [-0.15, -0.1) is 0 Å². The highest BCUT2D eigenvalue weighted by molar-refractivity contribution is 7.89. The van der Waals surface area contributed by atoms with Crippen molar-refractivity contribution in [2.45, 2.75) is 55.1 Å². The Kier molecular flexibility index (Phi) is 5.93.